The van der Waals surface area contributed by atoms with Crippen molar-refractivity contribution < 1.29 is 9.53 Å². The Morgan fingerprint density at radius 2 is 2.17 bits per heavy atom. The third-order valence-electron chi connectivity index (χ3n) is 4.20. The van der Waals surface area contributed by atoms with E-state index in [0.717, 1.165) is 24.5 Å². The minimum absolute atomic E-state index is 0. The van der Waals surface area contributed by atoms with Crippen LogP contribution in [0.25, 0.3) is 0 Å². The number of anilines is 1. The van der Waals surface area contributed by atoms with Gasteiger partial charge in [0.15, 0.2) is 0 Å². The molecular formula is C17H23ClN4O2. The largest absolute Gasteiger partial charge is 0.494 e. The van der Waals surface area contributed by atoms with Gasteiger partial charge in [-0.05, 0) is 51.1 Å². The van der Waals surface area contributed by atoms with E-state index in [-0.39, 0.29) is 18.3 Å². The molecule has 1 aromatic carbocycles. The maximum absolute atomic E-state index is 13.0. The van der Waals surface area contributed by atoms with Gasteiger partial charge in [-0.15, -0.1) is 12.4 Å². The summed E-state index contributed by atoms with van der Waals surface area (Å²) in [6, 6.07) is 9.33. The molecule has 1 fully saturated rings. The summed E-state index contributed by atoms with van der Waals surface area (Å²) >= 11 is 0. The van der Waals surface area contributed by atoms with Crippen LogP contribution in [-0.2, 0) is 10.3 Å². The van der Waals surface area contributed by atoms with Crippen molar-refractivity contribution in [2.75, 3.05) is 25.0 Å². The highest BCUT2D eigenvalue weighted by Gasteiger charge is 2.42. The van der Waals surface area contributed by atoms with E-state index in [1.54, 1.807) is 10.9 Å². The SMILES string of the molecule is CCOc1cccc(NC(=O)C2(n3cccn3)CCNCC2)c1.Cl. The first-order chi connectivity index (χ1) is 11.2. The van der Waals surface area contributed by atoms with Crippen molar-refractivity contribution >= 4 is 24.0 Å². The average molecular weight is 351 g/mol. The van der Waals surface area contributed by atoms with Crippen LogP contribution in [0.2, 0.25) is 0 Å². The summed E-state index contributed by atoms with van der Waals surface area (Å²) < 4.78 is 7.28. The van der Waals surface area contributed by atoms with Gasteiger partial charge in [0.05, 0.1) is 6.61 Å². The second-order valence-electron chi connectivity index (χ2n) is 5.65. The lowest BCUT2D eigenvalue weighted by atomic mass is 9.87. The number of nitrogens with zero attached hydrogens (tertiary/aromatic N) is 2. The fourth-order valence-corrected chi connectivity index (χ4v) is 3.00. The summed E-state index contributed by atoms with van der Waals surface area (Å²) in [5.74, 6) is 0.722. The third kappa shape index (κ3) is 3.71. The lowest BCUT2D eigenvalue weighted by molar-refractivity contribution is -0.126. The molecule has 2 N–H and O–H groups in total. The number of carbonyl (C=O) groups excluding carboxylic acids is 1. The second-order valence-corrected chi connectivity index (χ2v) is 5.65. The zero-order chi connectivity index (χ0) is 16.1. The van der Waals surface area contributed by atoms with Crippen molar-refractivity contribution in [3.8, 4) is 5.75 Å². The summed E-state index contributed by atoms with van der Waals surface area (Å²) in [6.45, 7) is 4.13. The molecule has 0 bridgehead atoms. The van der Waals surface area contributed by atoms with Crippen LogP contribution < -0.4 is 15.4 Å². The van der Waals surface area contributed by atoms with E-state index in [2.05, 4.69) is 15.7 Å². The number of rotatable bonds is 5. The van der Waals surface area contributed by atoms with E-state index in [9.17, 15) is 4.79 Å². The molecule has 1 aromatic heterocycles. The smallest absolute Gasteiger partial charge is 0.252 e. The Labute approximate surface area is 148 Å². The van der Waals surface area contributed by atoms with Crippen molar-refractivity contribution in [3.05, 3.63) is 42.7 Å². The molecule has 2 aromatic rings. The fraction of sp³-hybridized carbons (Fsp3) is 0.412. The molecule has 0 radical (unpaired) electrons. The molecule has 1 aliphatic rings. The Hall–Kier alpha value is -2.05. The molecule has 1 saturated heterocycles. The molecule has 0 unspecified atom stereocenters. The predicted molar refractivity (Wildman–Crippen MR) is 95.8 cm³/mol. The van der Waals surface area contributed by atoms with Gasteiger partial charge in [-0.2, -0.15) is 5.10 Å². The Morgan fingerprint density at radius 3 is 2.83 bits per heavy atom. The third-order valence-corrected chi connectivity index (χ3v) is 4.20. The Bertz CT molecular complexity index is 654. The summed E-state index contributed by atoms with van der Waals surface area (Å²) in [7, 11) is 0. The number of benzene rings is 1. The average Bonchev–Trinajstić information content (AvgIpc) is 3.11. The number of hydrogen-bond acceptors (Lipinski definition) is 4. The summed E-state index contributed by atoms with van der Waals surface area (Å²) in [5.41, 5.74) is 0.0992. The first kappa shape index (κ1) is 18.3. The number of ether oxygens (including phenoxy) is 1. The number of carbonyl (C=O) groups is 1. The molecule has 7 heteroatoms. The molecule has 0 atom stereocenters. The van der Waals surface area contributed by atoms with Crippen molar-refractivity contribution in [3.63, 3.8) is 0 Å². The molecule has 0 saturated carbocycles. The predicted octanol–water partition coefficient (Wildman–Crippen LogP) is 2.42. The maximum Gasteiger partial charge on any atom is 0.252 e. The van der Waals surface area contributed by atoms with Crippen LogP contribution in [0.4, 0.5) is 5.69 Å². The van der Waals surface area contributed by atoms with Gasteiger partial charge in [0.25, 0.3) is 5.91 Å². The number of amides is 1. The Morgan fingerprint density at radius 1 is 1.38 bits per heavy atom. The molecular weight excluding hydrogens is 328 g/mol. The van der Waals surface area contributed by atoms with Crippen LogP contribution >= 0.6 is 12.4 Å². The lowest BCUT2D eigenvalue weighted by Gasteiger charge is -2.36. The van der Waals surface area contributed by atoms with E-state index in [0.29, 0.717) is 19.4 Å². The number of hydrogen-bond donors (Lipinski definition) is 2. The normalized spacial score (nSPS) is 16.0. The number of halogens is 1. The molecule has 2 heterocycles. The number of nitrogens with one attached hydrogen (secondary N) is 2. The fourth-order valence-electron chi connectivity index (χ4n) is 3.00. The first-order valence-electron chi connectivity index (χ1n) is 8.00. The summed E-state index contributed by atoms with van der Waals surface area (Å²) in [6.07, 6.45) is 5.01. The highest BCUT2D eigenvalue weighted by atomic mass is 35.5. The van der Waals surface area contributed by atoms with E-state index < -0.39 is 5.54 Å². The molecule has 1 aliphatic heterocycles. The van der Waals surface area contributed by atoms with Crippen molar-refractivity contribution in [1.82, 2.24) is 15.1 Å². The molecule has 130 valence electrons. The maximum atomic E-state index is 13.0. The molecule has 24 heavy (non-hydrogen) atoms. The first-order valence-corrected chi connectivity index (χ1v) is 8.00. The van der Waals surface area contributed by atoms with Crippen molar-refractivity contribution in [1.29, 1.82) is 0 Å². The van der Waals surface area contributed by atoms with Crippen LogP contribution in [0.5, 0.6) is 5.75 Å². The second kappa shape index (κ2) is 8.17. The molecule has 0 spiro atoms. The summed E-state index contributed by atoms with van der Waals surface area (Å²) in [5, 5.41) is 10.7. The van der Waals surface area contributed by atoms with Gasteiger partial charge in [-0.25, -0.2) is 0 Å². The standard InChI is InChI=1S/C17H22N4O2.ClH/c1-2-23-15-6-3-5-14(13-15)20-16(22)17(7-10-18-11-8-17)21-12-4-9-19-21;/h3-6,9,12-13,18H,2,7-8,10-11H2,1H3,(H,20,22);1H. The highest BCUT2D eigenvalue weighted by molar-refractivity contribution is 5.96. The van der Waals surface area contributed by atoms with Crippen molar-refractivity contribution in [2.24, 2.45) is 0 Å². The number of piperidine rings is 1. The van der Waals surface area contributed by atoms with Crippen LogP contribution in [0.15, 0.2) is 42.7 Å². The van der Waals surface area contributed by atoms with Gasteiger partial charge in [-0.3, -0.25) is 9.48 Å². The van der Waals surface area contributed by atoms with Gasteiger partial charge in [0, 0.05) is 24.1 Å². The molecule has 1 amide bonds. The van der Waals surface area contributed by atoms with E-state index in [1.165, 1.54) is 0 Å². The van der Waals surface area contributed by atoms with Crippen LogP contribution in [0, 0.1) is 0 Å². The minimum atomic E-state index is -0.642. The van der Waals surface area contributed by atoms with Gasteiger partial charge < -0.3 is 15.4 Å². The van der Waals surface area contributed by atoms with Crippen LogP contribution in [0.3, 0.4) is 0 Å². The van der Waals surface area contributed by atoms with Gasteiger partial charge >= 0.3 is 0 Å². The molecule has 0 aliphatic carbocycles. The van der Waals surface area contributed by atoms with E-state index in [4.69, 9.17) is 4.74 Å². The molecule has 3 rings (SSSR count). The minimum Gasteiger partial charge on any atom is -0.494 e. The van der Waals surface area contributed by atoms with Crippen LogP contribution in [-0.4, -0.2) is 35.4 Å². The Balaban J connectivity index is 0.00000208. The monoisotopic (exact) mass is 350 g/mol. The van der Waals surface area contributed by atoms with Gasteiger partial charge in [-0.1, -0.05) is 6.07 Å². The van der Waals surface area contributed by atoms with Gasteiger partial charge in [0.1, 0.15) is 11.3 Å². The number of aromatic nitrogens is 2. The van der Waals surface area contributed by atoms with Gasteiger partial charge in [0.2, 0.25) is 0 Å². The zero-order valence-corrected chi connectivity index (χ0v) is 14.5. The zero-order valence-electron chi connectivity index (χ0n) is 13.7. The Kier molecular flexibility index (Phi) is 6.23. The molecule has 6 nitrogen and oxygen atoms in total. The van der Waals surface area contributed by atoms with E-state index >= 15 is 0 Å². The van der Waals surface area contributed by atoms with E-state index in [1.807, 2.05) is 43.5 Å². The quantitative estimate of drug-likeness (QED) is 0.869. The van der Waals surface area contributed by atoms with Crippen molar-refractivity contribution in [2.45, 2.75) is 25.3 Å². The summed E-state index contributed by atoms with van der Waals surface area (Å²) in [4.78, 5) is 13.0. The lowest BCUT2D eigenvalue weighted by Crippen LogP contribution is -2.52. The van der Waals surface area contributed by atoms with Crippen LogP contribution in [0.1, 0.15) is 19.8 Å². The topological polar surface area (TPSA) is 68.2 Å². The highest BCUT2D eigenvalue weighted by Crippen LogP contribution is 2.29.